The minimum atomic E-state index is -3.17. The zero-order valence-corrected chi connectivity index (χ0v) is 10.5. The van der Waals surface area contributed by atoms with E-state index in [1.807, 2.05) is 0 Å². The lowest BCUT2D eigenvalue weighted by Crippen LogP contribution is -2.35. The van der Waals surface area contributed by atoms with Crippen molar-refractivity contribution >= 4 is 10.0 Å². The Labute approximate surface area is 97.2 Å². The van der Waals surface area contributed by atoms with E-state index in [2.05, 4.69) is 4.72 Å². The molecule has 0 heterocycles. The lowest BCUT2D eigenvalue weighted by molar-refractivity contribution is 0.0603. The van der Waals surface area contributed by atoms with Crippen LogP contribution in [0.5, 0.6) is 0 Å². The van der Waals surface area contributed by atoms with E-state index in [4.69, 9.17) is 4.74 Å². The minimum absolute atomic E-state index is 0.230. The van der Waals surface area contributed by atoms with Gasteiger partial charge in [0, 0.05) is 13.7 Å². The average Bonchev–Trinajstić information content (AvgIpc) is 2.71. The minimum Gasteiger partial charge on any atom is -0.391 e. The highest BCUT2D eigenvalue weighted by Crippen LogP contribution is 2.23. The Bertz CT molecular complexity index is 285. The van der Waals surface area contributed by atoms with Gasteiger partial charge in [0.2, 0.25) is 10.0 Å². The molecule has 2 N–H and O–H groups in total. The Morgan fingerprint density at radius 2 is 2.06 bits per heavy atom. The Hall–Kier alpha value is -0.170. The fourth-order valence-electron chi connectivity index (χ4n) is 1.96. The molecule has 1 saturated carbocycles. The van der Waals surface area contributed by atoms with Crippen molar-refractivity contribution in [2.24, 2.45) is 0 Å². The van der Waals surface area contributed by atoms with Gasteiger partial charge in [-0.05, 0) is 19.3 Å². The lowest BCUT2D eigenvalue weighted by Gasteiger charge is -2.14. The first kappa shape index (κ1) is 13.9. The van der Waals surface area contributed by atoms with Crippen molar-refractivity contribution in [3.05, 3.63) is 0 Å². The smallest absolute Gasteiger partial charge is 0.214 e. The molecule has 96 valence electrons. The molecule has 1 atom stereocenters. The van der Waals surface area contributed by atoms with Gasteiger partial charge in [-0.25, -0.2) is 13.1 Å². The van der Waals surface area contributed by atoms with Crippen molar-refractivity contribution in [2.45, 2.75) is 43.5 Å². The van der Waals surface area contributed by atoms with Gasteiger partial charge in [0.1, 0.15) is 0 Å². The fraction of sp³-hybridized carbons (Fsp3) is 1.00. The van der Waals surface area contributed by atoms with Gasteiger partial charge in [-0.1, -0.05) is 12.8 Å². The molecule has 0 aromatic rings. The summed E-state index contributed by atoms with van der Waals surface area (Å²) in [4.78, 5) is 0. The summed E-state index contributed by atoms with van der Waals surface area (Å²) in [5, 5.41) is 9.12. The number of sulfonamides is 1. The van der Waals surface area contributed by atoms with Crippen molar-refractivity contribution in [3.8, 4) is 0 Å². The number of rotatable bonds is 7. The van der Waals surface area contributed by atoms with Crippen LogP contribution >= 0.6 is 0 Å². The summed E-state index contributed by atoms with van der Waals surface area (Å²) in [6.45, 7) is 0.522. The topological polar surface area (TPSA) is 75.6 Å². The van der Waals surface area contributed by atoms with Crippen LogP contribution in [-0.4, -0.2) is 45.1 Å². The van der Waals surface area contributed by atoms with Crippen molar-refractivity contribution < 1.29 is 18.3 Å². The van der Waals surface area contributed by atoms with Gasteiger partial charge in [-0.15, -0.1) is 0 Å². The van der Waals surface area contributed by atoms with E-state index >= 15 is 0 Å². The Morgan fingerprint density at radius 1 is 1.44 bits per heavy atom. The predicted octanol–water partition coefficient (Wildman–Crippen LogP) is 0.246. The highest BCUT2D eigenvalue weighted by Gasteiger charge is 2.28. The molecule has 1 aliphatic carbocycles. The molecule has 6 heteroatoms. The van der Waals surface area contributed by atoms with Crippen LogP contribution in [0.4, 0.5) is 0 Å². The monoisotopic (exact) mass is 251 g/mol. The van der Waals surface area contributed by atoms with Gasteiger partial charge in [0.05, 0.1) is 18.0 Å². The second kappa shape index (κ2) is 6.54. The molecule has 1 unspecified atom stereocenters. The number of ether oxygens (including phenoxy) is 1. The summed E-state index contributed by atoms with van der Waals surface area (Å²) < 4.78 is 30.8. The Balaban J connectivity index is 2.25. The Kier molecular flexibility index (Phi) is 5.68. The standard InChI is InChI=1S/C10H21NO4S/c1-15-8-9(12)6-7-11-16(13,14)10-4-2-3-5-10/h9-12H,2-8H2,1H3. The summed E-state index contributed by atoms with van der Waals surface area (Å²) in [5.74, 6) is 0. The molecule has 16 heavy (non-hydrogen) atoms. The predicted molar refractivity (Wildman–Crippen MR) is 61.7 cm³/mol. The van der Waals surface area contributed by atoms with Crippen LogP contribution in [0.1, 0.15) is 32.1 Å². The van der Waals surface area contributed by atoms with Crippen LogP contribution in [0, 0.1) is 0 Å². The van der Waals surface area contributed by atoms with E-state index in [0.29, 0.717) is 6.42 Å². The normalized spacial score (nSPS) is 20.1. The molecule has 0 aliphatic heterocycles. The van der Waals surface area contributed by atoms with E-state index < -0.39 is 16.1 Å². The SMILES string of the molecule is COCC(O)CCNS(=O)(=O)C1CCCC1. The molecule has 0 aromatic heterocycles. The van der Waals surface area contributed by atoms with E-state index in [1.54, 1.807) is 0 Å². The highest BCUT2D eigenvalue weighted by atomic mass is 32.2. The van der Waals surface area contributed by atoms with Crippen LogP contribution in [-0.2, 0) is 14.8 Å². The van der Waals surface area contributed by atoms with Gasteiger partial charge in [0.15, 0.2) is 0 Å². The van der Waals surface area contributed by atoms with Gasteiger partial charge in [-0.3, -0.25) is 0 Å². The maximum absolute atomic E-state index is 11.7. The third kappa shape index (κ3) is 4.37. The largest absolute Gasteiger partial charge is 0.391 e. The number of hydrogen-bond donors (Lipinski definition) is 2. The number of methoxy groups -OCH3 is 1. The second-order valence-corrected chi connectivity index (χ2v) is 6.29. The zero-order valence-electron chi connectivity index (χ0n) is 9.68. The molecular formula is C10H21NO4S. The number of aliphatic hydroxyl groups excluding tert-OH is 1. The van der Waals surface area contributed by atoms with Crippen molar-refractivity contribution in [3.63, 3.8) is 0 Å². The maximum atomic E-state index is 11.7. The van der Waals surface area contributed by atoms with Crippen LogP contribution in [0.3, 0.4) is 0 Å². The molecule has 0 spiro atoms. The van der Waals surface area contributed by atoms with E-state index in [0.717, 1.165) is 25.7 Å². The first-order valence-corrected chi connectivity index (χ1v) is 7.26. The van der Waals surface area contributed by atoms with E-state index in [1.165, 1.54) is 7.11 Å². The summed E-state index contributed by atoms with van der Waals surface area (Å²) in [6.07, 6.45) is 3.30. The molecule has 0 amide bonds. The van der Waals surface area contributed by atoms with Crippen LogP contribution in [0.15, 0.2) is 0 Å². The molecular weight excluding hydrogens is 230 g/mol. The molecule has 0 bridgehead atoms. The molecule has 5 nitrogen and oxygen atoms in total. The summed E-state index contributed by atoms with van der Waals surface area (Å²) in [5.41, 5.74) is 0. The number of hydrogen-bond acceptors (Lipinski definition) is 4. The molecule has 1 rings (SSSR count). The third-order valence-corrected chi connectivity index (χ3v) is 4.84. The second-order valence-electron chi connectivity index (χ2n) is 4.24. The number of aliphatic hydroxyl groups is 1. The van der Waals surface area contributed by atoms with Crippen molar-refractivity contribution in [1.82, 2.24) is 4.72 Å². The summed E-state index contributed by atoms with van der Waals surface area (Å²) in [6, 6.07) is 0. The van der Waals surface area contributed by atoms with Gasteiger partial charge < -0.3 is 9.84 Å². The first-order valence-electron chi connectivity index (χ1n) is 5.71. The van der Waals surface area contributed by atoms with Crippen LogP contribution in [0.25, 0.3) is 0 Å². The van der Waals surface area contributed by atoms with Crippen LogP contribution < -0.4 is 4.72 Å². The van der Waals surface area contributed by atoms with Crippen molar-refractivity contribution in [2.75, 3.05) is 20.3 Å². The van der Waals surface area contributed by atoms with Gasteiger partial charge >= 0.3 is 0 Å². The van der Waals surface area contributed by atoms with Gasteiger partial charge in [0.25, 0.3) is 0 Å². The molecule has 0 saturated heterocycles. The molecule has 1 fully saturated rings. The zero-order chi connectivity index (χ0) is 12.0. The molecule has 0 radical (unpaired) electrons. The fourth-order valence-corrected chi connectivity index (χ4v) is 3.55. The average molecular weight is 251 g/mol. The van der Waals surface area contributed by atoms with Crippen molar-refractivity contribution in [1.29, 1.82) is 0 Å². The number of nitrogens with one attached hydrogen (secondary N) is 1. The van der Waals surface area contributed by atoms with E-state index in [-0.39, 0.29) is 18.4 Å². The Morgan fingerprint density at radius 3 is 2.62 bits per heavy atom. The summed E-state index contributed by atoms with van der Waals surface area (Å²) >= 11 is 0. The maximum Gasteiger partial charge on any atom is 0.214 e. The van der Waals surface area contributed by atoms with E-state index in [9.17, 15) is 13.5 Å². The van der Waals surface area contributed by atoms with Crippen LogP contribution in [0.2, 0.25) is 0 Å². The quantitative estimate of drug-likeness (QED) is 0.680. The molecule has 1 aliphatic rings. The first-order chi connectivity index (χ1) is 7.56. The van der Waals surface area contributed by atoms with Gasteiger partial charge in [-0.2, -0.15) is 0 Å². The molecule has 0 aromatic carbocycles. The third-order valence-electron chi connectivity index (χ3n) is 2.88. The lowest BCUT2D eigenvalue weighted by atomic mass is 10.3. The summed E-state index contributed by atoms with van der Waals surface area (Å²) in [7, 11) is -1.67. The highest BCUT2D eigenvalue weighted by molar-refractivity contribution is 7.90.